The summed E-state index contributed by atoms with van der Waals surface area (Å²) in [5, 5.41) is 10.1. The number of hydrogen-bond donors (Lipinski definition) is 1. The number of hydrogen-bond acceptors (Lipinski definition) is 4. The molecule has 1 atom stereocenters. The summed E-state index contributed by atoms with van der Waals surface area (Å²) in [6.07, 6.45) is -0.488. The zero-order valence-electron chi connectivity index (χ0n) is 11.7. The number of para-hydroxylation sites is 1. The molecule has 106 valence electrons. The van der Waals surface area contributed by atoms with Crippen molar-refractivity contribution < 1.29 is 14.6 Å². The zero-order chi connectivity index (χ0) is 13.7. The molecule has 0 aromatic heterocycles. The molecule has 0 saturated carbocycles. The van der Waals surface area contributed by atoms with Gasteiger partial charge in [0.25, 0.3) is 0 Å². The van der Waals surface area contributed by atoms with Crippen molar-refractivity contribution in [2.75, 3.05) is 32.9 Å². The maximum absolute atomic E-state index is 10.1. The Morgan fingerprint density at radius 2 is 2.11 bits per heavy atom. The largest absolute Gasteiger partial charge is 0.491 e. The molecule has 1 aliphatic rings. The van der Waals surface area contributed by atoms with Gasteiger partial charge in [0, 0.05) is 18.6 Å². The van der Waals surface area contributed by atoms with Crippen LogP contribution in [-0.2, 0) is 4.74 Å². The third-order valence-corrected chi connectivity index (χ3v) is 3.43. The van der Waals surface area contributed by atoms with E-state index in [-0.39, 0.29) is 5.54 Å². The Hall–Kier alpha value is -1.10. The van der Waals surface area contributed by atoms with Crippen LogP contribution in [0.2, 0.25) is 0 Å². The standard InChI is InChI=1S/C15H23NO3/c1-15(2)12-18-9-8-16(15)10-13(17)11-19-14-6-4-3-5-7-14/h3-7,13,17H,8-12H2,1-2H3. The molecule has 19 heavy (non-hydrogen) atoms. The Morgan fingerprint density at radius 3 is 2.79 bits per heavy atom. The Morgan fingerprint density at radius 1 is 1.37 bits per heavy atom. The first-order valence-corrected chi connectivity index (χ1v) is 6.77. The van der Waals surface area contributed by atoms with Gasteiger partial charge in [0.05, 0.1) is 13.2 Å². The van der Waals surface area contributed by atoms with E-state index in [1.807, 2.05) is 30.3 Å². The van der Waals surface area contributed by atoms with E-state index in [4.69, 9.17) is 9.47 Å². The monoisotopic (exact) mass is 265 g/mol. The molecule has 0 radical (unpaired) electrons. The molecule has 0 aliphatic carbocycles. The van der Waals surface area contributed by atoms with Crippen molar-refractivity contribution >= 4 is 0 Å². The highest BCUT2D eigenvalue weighted by molar-refractivity contribution is 5.20. The van der Waals surface area contributed by atoms with Gasteiger partial charge in [-0.15, -0.1) is 0 Å². The van der Waals surface area contributed by atoms with Crippen molar-refractivity contribution in [2.24, 2.45) is 0 Å². The number of β-amino-alcohol motifs (C(OH)–C–C–N with tert-alkyl or cyclic N) is 1. The maximum Gasteiger partial charge on any atom is 0.119 e. The van der Waals surface area contributed by atoms with Crippen LogP contribution in [0.1, 0.15) is 13.8 Å². The predicted octanol–water partition coefficient (Wildman–Crippen LogP) is 1.54. The second kappa shape index (κ2) is 6.37. The molecule has 1 aromatic carbocycles. The molecular formula is C15H23NO3. The lowest BCUT2D eigenvalue weighted by molar-refractivity contribution is -0.0703. The van der Waals surface area contributed by atoms with Crippen LogP contribution in [0.5, 0.6) is 5.75 Å². The number of morpholine rings is 1. The van der Waals surface area contributed by atoms with Crippen molar-refractivity contribution in [1.82, 2.24) is 4.90 Å². The van der Waals surface area contributed by atoms with Gasteiger partial charge in [0.15, 0.2) is 0 Å². The summed E-state index contributed by atoms with van der Waals surface area (Å²) in [4.78, 5) is 2.26. The van der Waals surface area contributed by atoms with E-state index in [0.717, 1.165) is 18.9 Å². The lowest BCUT2D eigenvalue weighted by atomic mass is 10.0. The fraction of sp³-hybridized carbons (Fsp3) is 0.600. The van der Waals surface area contributed by atoms with Gasteiger partial charge in [0.1, 0.15) is 18.5 Å². The van der Waals surface area contributed by atoms with Gasteiger partial charge in [-0.25, -0.2) is 0 Å². The summed E-state index contributed by atoms with van der Waals surface area (Å²) in [6, 6.07) is 9.58. The van der Waals surface area contributed by atoms with Crippen LogP contribution < -0.4 is 4.74 Å². The molecule has 0 spiro atoms. The van der Waals surface area contributed by atoms with Crippen LogP contribution in [-0.4, -0.2) is 54.6 Å². The molecular weight excluding hydrogens is 242 g/mol. The molecule has 0 amide bonds. The quantitative estimate of drug-likeness (QED) is 0.877. The highest BCUT2D eigenvalue weighted by Gasteiger charge is 2.31. The lowest BCUT2D eigenvalue weighted by Gasteiger charge is -2.42. The molecule has 4 heteroatoms. The molecule has 1 fully saturated rings. The summed E-state index contributed by atoms with van der Waals surface area (Å²) in [5.74, 6) is 0.794. The SMILES string of the molecule is CC1(C)COCCN1CC(O)COc1ccccc1. The van der Waals surface area contributed by atoms with Gasteiger partial charge in [0.2, 0.25) is 0 Å². The van der Waals surface area contributed by atoms with E-state index < -0.39 is 6.10 Å². The number of nitrogens with zero attached hydrogens (tertiary/aromatic N) is 1. The van der Waals surface area contributed by atoms with E-state index in [9.17, 15) is 5.11 Å². The van der Waals surface area contributed by atoms with Gasteiger partial charge in [-0.3, -0.25) is 4.90 Å². The Labute approximate surface area is 114 Å². The normalized spacial score (nSPS) is 21.0. The van der Waals surface area contributed by atoms with Crippen molar-refractivity contribution in [3.63, 3.8) is 0 Å². The van der Waals surface area contributed by atoms with Crippen molar-refractivity contribution in [1.29, 1.82) is 0 Å². The van der Waals surface area contributed by atoms with E-state index in [0.29, 0.717) is 19.8 Å². The second-order valence-corrected chi connectivity index (χ2v) is 5.59. The zero-order valence-corrected chi connectivity index (χ0v) is 11.7. The van der Waals surface area contributed by atoms with E-state index in [1.54, 1.807) is 0 Å². The smallest absolute Gasteiger partial charge is 0.119 e. The summed E-state index contributed by atoms with van der Waals surface area (Å²) >= 11 is 0. The van der Waals surface area contributed by atoms with Gasteiger partial charge in [-0.1, -0.05) is 18.2 Å². The molecule has 1 aliphatic heterocycles. The van der Waals surface area contributed by atoms with E-state index in [2.05, 4.69) is 18.7 Å². The number of aliphatic hydroxyl groups excluding tert-OH is 1. The second-order valence-electron chi connectivity index (χ2n) is 5.59. The highest BCUT2D eigenvalue weighted by Crippen LogP contribution is 2.19. The minimum atomic E-state index is -0.488. The lowest BCUT2D eigenvalue weighted by Crippen LogP contribution is -2.55. The summed E-state index contributed by atoms with van der Waals surface area (Å²) < 4.78 is 11.0. The molecule has 4 nitrogen and oxygen atoms in total. The van der Waals surface area contributed by atoms with Crippen LogP contribution in [0.25, 0.3) is 0 Å². The average Bonchev–Trinajstić information content (AvgIpc) is 2.40. The fourth-order valence-electron chi connectivity index (χ4n) is 2.25. The first kappa shape index (κ1) is 14.3. The fourth-order valence-corrected chi connectivity index (χ4v) is 2.25. The van der Waals surface area contributed by atoms with Crippen LogP contribution >= 0.6 is 0 Å². The van der Waals surface area contributed by atoms with Gasteiger partial charge < -0.3 is 14.6 Å². The Kier molecular flexibility index (Phi) is 4.80. The third kappa shape index (κ3) is 4.20. The van der Waals surface area contributed by atoms with Gasteiger partial charge in [-0.05, 0) is 26.0 Å². The van der Waals surface area contributed by atoms with Crippen LogP contribution in [0.4, 0.5) is 0 Å². The molecule has 0 bridgehead atoms. The van der Waals surface area contributed by atoms with E-state index in [1.165, 1.54) is 0 Å². The van der Waals surface area contributed by atoms with Crippen molar-refractivity contribution in [3.8, 4) is 5.75 Å². The number of ether oxygens (including phenoxy) is 2. The highest BCUT2D eigenvalue weighted by atomic mass is 16.5. The Bertz CT molecular complexity index is 380. The van der Waals surface area contributed by atoms with Gasteiger partial charge >= 0.3 is 0 Å². The van der Waals surface area contributed by atoms with Crippen molar-refractivity contribution in [3.05, 3.63) is 30.3 Å². The minimum absolute atomic E-state index is 0.0218. The van der Waals surface area contributed by atoms with E-state index >= 15 is 0 Å². The first-order valence-electron chi connectivity index (χ1n) is 6.77. The van der Waals surface area contributed by atoms with Crippen LogP contribution in [0.3, 0.4) is 0 Å². The maximum atomic E-state index is 10.1. The molecule has 1 aromatic rings. The molecule has 2 rings (SSSR count). The molecule has 1 heterocycles. The van der Waals surface area contributed by atoms with Crippen LogP contribution in [0, 0.1) is 0 Å². The molecule has 1 N–H and O–H groups in total. The van der Waals surface area contributed by atoms with Gasteiger partial charge in [-0.2, -0.15) is 0 Å². The van der Waals surface area contributed by atoms with Crippen molar-refractivity contribution in [2.45, 2.75) is 25.5 Å². The third-order valence-electron chi connectivity index (χ3n) is 3.43. The number of benzene rings is 1. The number of aliphatic hydroxyl groups is 1. The molecule has 1 unspecified atom stereocenters. The van der Waals surface area contributed by atoms with Crippen LogP contribution in [0.15, 0.2) is 30.3 Å². The number of rotatable bonds is 5. The summed E-state index contributed by atoms with van der Waals surface area (Å²) in [7, 11) is 0. The molecule has 1 saturated heterocycles. The first-order chi connectivity index (χ1) is 9.08. The minimum Gasteiger partial charge on any atom is -0.491 e. The summed E-state index contributed by atoms with van der Waals surface area (Å²) in [5.41, 5.74) is -0.0218. The summed E-state index contributed by atoms with van der Waals surface area (Å²) in [6.45, 7) is 7.50. The Balaban J connectivity index is 1.79. The predicted molar refractivity (Wildman–Crippen MR) is 74.4 cm³/mol. The topological polar surface area (TPSA) is 41.9 Å². The average molecular weight is 265 g/mol.